The summed E-state index contributed by atoms with van der Waals surface area (Å²) in [6, 6.07) is 0. The van der Waals surface area contributed by atoms with Crippen molar-refractivity contribution in [2.45, 2.75) is 303 Å². The Bertz CT molecular complexity index is 1780. The van der Waals surface area contributed by atoms with E-state index in [-0.39, 0.29) is 37.5 Å². The second-order valence-corrected chi connectivity index (χ2v) is 22.0. The number of hydrogen-bond donors (Lipinski definition) is 0. The monoisotopic (exact) mass is 1130 g/mol. The number of unbranched alkanes of at least 4 members (excludes halogenated alkanes) is 25. The minimum absolute atomic E-state index is 0.106. The third-order valence-electron chi connectivity index (χ3n) is 14.1. The smallest absolute Gasteiger partial charge is 0.306 e. The normalized spacial score (nSPS) is 13.1. The highest BCUT2D eigenvalue weighted by molar-refractivity contribution is 5.71. The predicted molar refractivity (Wildman–Crippen MR) is 357 cm³/mol. The van der Waals surface area contributed by atoms with E-state index in [1.807, 2.05) is 0 Å². The molecule has 0 heterocycles. The molecule has 0 spiro atoms. The van der Waals surface area contributed by atoms with E-state index in [9.17, 15) is 14.4 Å². The lowest BCUT2D eigenvalue weighted by atomic mass is 10.0. The summed E-state index contributed by atoms with van der Waals surface area (Å²) in [6.45, 7) is 6.36. The van der Waals surface area contributed by atoms with E-state index in [1.165, 1.54) is 122 Å². The molecule has 0 bridgehead atoms. The number of carbonyl (C=O) groups excluding carboxylic acids is 3. The molecule has 0 aliphatic heterocycles. The SMILES string of the molecule is CC/C=C\C/C=C\C/C=C\C/C=C\C/C=C\C/C=C\CCCCCCCCCCCCCCCCC(=O)OCC(COC(=O)CCCCCCC/C=C\CCCCCCC)OC(=O)CCC/C=C\C/C=C\C/C=C\C/C=C\C/C=C\CC. The van der Waals surface area contributed by atoms with Gasteiger partial charge in [-0.15, -0.1) is 0 Å². The Morgan fingerprint density at radius 1 is 0.256 bits per heavy atom. The van der Waals surface area contributed by atoms with Gasteiger partial charge in [0, 0.05) is 19.3 Å². The Labute approximate surface area is 506 Å². The Balaban J connectivity index is 4.29. The first kappa shape index (κ1) is 77.3. The Morgan fingerprint density at radius 3 is 0.793 bits per heavy atom. The summed E-state index contributed by atoms with van der Waals surface area (Å²) in [7, 11) is 0. The van der Waals surface area contributed by atoms with Crippen LogP contribution in [0.2, 0.25) is 0 Å². The molecule has 0 aromatic rings. The molecule has 82 heavy (non-hydrogen) atoms. The molecule has 464 valence electrons. The number of ether oxygens (including phenoxy) is 3. The average Bonchev–Trinajstić information content (AvgIpc) is 3.47. The lowest BCUT2D eigenvalue weighted by molar-refractivity contribution is -0.167. The molecule has 0 fully saturated rings. The minimum Gasteiger partial charge on any atom is -0.462 e. The quantitative estimate of drug-likeness (QED) is 0.0261. The van der Waals surface area contributed by atoms with Crippen LogP contribution in [0.5, 0.6) is 0 Å². The molecule has 0 rings (SSSR count). The van der Waals surface area contributed by atoms with Gasteiger partial charge in [-0.1, -0.05) is 289 Å². The Kier molecular flexibility index (Phi) is 64.8. The summed E-state index contributed by atoms with van der Waals surface area (Å²) in [5.41, 5.74) is 0. The van der Waals surface area contributed by atoms with Gasteiger partial charge in [0.15, 0.2) is 6.10 Å². The van der Waals surface area contributed by atoms with Crippen LogP contribution < -0.4 is 0 Å². The molecule has 6 heteroatoms. The van der Waals surface area contributed by atoms with Crippen LogP contribution in [0.15, 0.2) is 146 Å². The van der Waals surface area contributed by atoms with Crippen LogP contribution in [-0.4, -0.2) is 37.2 Å². The van der Waals surface area contributed by atoms with E-state index in [0.29, 0.717) is 19.3 Å². The molecule has 0 aromatic carbocycles. The van der Waals surface area contributed by atoms with Crippen LogP contribution in [0.1, 0.15) is 297 Å². The fourth-order valence-electron chi connectivity index (χ4n) is 9.07. The van der Waals surface area contributed by atoms with Crippen molar-refractivity contribution in [1.29, 1.82) is 0 Å². The first-order valence-electron chi connectivity index (χ1n) is 33.8. The van der Waals surface area contributed by atoms with Crippen molar-refractivity contribution in [3.8, 4) is 0 Å². The number of hydrogen-bond acceptors (Lipinski definition) is 6. The van der Waals surface area contributed by atoms with E-state index in [0.717, 1.165) is 128 Å². The van der Waals surface area contributed by atoms with Crippen molar-refractivity contribution in [2.75, 3.05) is 13.2 Å². The third kappa shape index (κ3) is 66.1. The van der Waals surface area contributed by atoms with Crippen molar-refractivity contribution < 1.29 is 28.6 Å². The zero-order chi connectivity index (χ0) is 59.2. The van der Waals surface area contributed by atoms with E-state index < -0.39 is 6.10 Å². The predicted octanol–water partition coefficient (Wildman–Crippen LogP) is 23.5. The van der Waals surface area contributed by atoms with Crippen molar-refractivity contribution in [3.63, 3.8) is 0 Å². The van der Waals surface area contributed by atoms with Crippen molar-refractivity contribution in [3.05, 3.63) is 146 Å². The second-order valence-electron chi connectivity index (χ2n) is 22.0. The molecule has 0 saturated carbocycles. The summed E-state index contributed by atoms with van der Waals surface area (Å²) in [5, 5.41) is 0. The average molecular weight is 1130 g/mol. The summed E-state index contributed by atoms with van der Waals surface area (Å²) >= 11 is 0. The van der Waals surface area contributed by atoms with Gasteiger partial charge in [0.25, 0.3) is 0 Å². The molecule has 0 amide bonds. The van der Waals surface area contributed by atoms with E-state index in [4.69, 9.17) is 14.2 Å². The largest absolute Gasteiger partial charge is 0.462 e. The molecule has 0 radical (unpaired) electrons. The highest BCUT2D eigenvalue weighted by atomic mass is 16.6. The highest BCUT2D eigenvalue weighted by Crippen LogP contribution is 2.16. The van der Waals surface area contributed by atoms with Crippen LogP contribution in [0.4, 0.5) is 0 Å². The van der Waals surface area contributed by atoms with Gasteiger partial charge in [-0.3, -0.25) is 14.4 Å². The van der Waals surface area contributed by atoms with Crippen LogP contribution in [0.25, 0.3) is 0 Å². The van der Waals surface area contributed by atoms with Gasteiger partial charge in [0.05, 0.1) is 0 Å². The van der Waals surface area contributed by atoms with Crippen molar-refractivity contribution >= 4 is 17.9 Å². The molecule has 0 saturated heterocycles. The van der Waals surface area contributed by atoms with Crippen LogP contribution in [0, 0.1) is 0 Å². The van der Waals surface area contributed by atoms with E-state index in [1.54, 1.807) is 0 Å². The summed E-state index contributed by atoms with van der Waals surface area (Å²) in [6.07, 6.45) is 98.8. The number of esters is 3. The molecule has 1 unspecified atom stereocenters. The summed E-state index contributed by atoms with van der Waals surface area (Å²) < 4.78 is 16.9. The highest BCUT2D eigenvalue weighted by Gasteiger charge is 2.19. The Hall–Kier alpha value is -4.71. The lowest BCUT2D eigenvalue weighted by Crippen LogP contribution is -2.30. The number of allylic oxidation sites excluding steroid dienone is 24. The van der Waals surface area contributed by atoms with Crippen LogP contribution in [0.3, 0.4) is 0 Å². The fraction of sp³-hybridized carbons (Fsp3) is 0.645. The molecule has 0 N–H and O–H groups in total. The van der Waals surface area contributed by atoms with Crippen LogP contribution >= 0.6 is 0 Å². The standard InChI is InChI=1S/C76H124O6/c1-4-7-10-13-16-19-22-25-28-30-31-32-33-34-35-36-37-38-39-40-41-42-43-44-45-47-48-51-54-57-60-63-66-69-75(78)81-72-73(71-80-74(77)68-65-62-59-56-53-50-27-24-21-18-15-12-9-6-3)82-76(79)70-67-64-61-58-55-52-49-46-29-26-23-20-17-14-11-8-5-2/h7-8,10-11,16-17,19-20,24-29,31-32,34-35,37-38,49,52,58,61,73H,4-6,9,12-15,18,21-23,30,33,36,39-48,50-51,53-57,59-60,62-72H2,1-3H3/b10-7-,11-8-,19-16-,20-17-,27-24-,28-25-,29-26-,32-31-,35-34-,38-37-,52-49-,61-58-. The molecule has 1 atom stereocenters. The number of carbonyl (C=O) groups is 3. The van der Waals surface area contributed by atoms with Gasteiger partial charge >= 0.3 is 17.9 Å². The maximum absolute atomic E-state index is 12.9. The van der Waals surface area contributed by atoms with Gasteiger partial charge in [-0.05, 0) is 135 Å². The zero-order valence-corrected chi connectivity index (χ0v) is 53.2. The molecule has 0 aromatic heterocycles. The second kappa shape index (κ2) is 68.8. The van der Waals surface area contributed by atoms with Gasteiger partial charge in [0.2, 0.25) is 0 Å². The van der Waals surface area contributed by atoms with Crippen molar-refractivity contribution in [1.82, 2.24) is 0 Å². The first-order valence-corrected chi connectivity index (χ1v) is 33.8. The molecule has 0 aliphatic carbocycles. The molecule has 6 nitrogen and oxygen atoms in total. The zero-order valence-electron chi connectivity index (χ0n) is 53.2. The lowest BCUT2D eigenvalue weighted by Gasteiger charge is -2.18. The Morgan fingerprint density at radius 2 is 0.488 bits per heavy atom. The molecular weight excluding hydrogens is 1010 g/mol. The summed E-state index contributed by atoms with van der Waals surface area (Å²) in [4.78, 5) is 38.3. The van der Waals surface area contributed by atoms with Gasteiger partial charge < -0.3 is 14.2 Å². The molecular formula is C76H124O6. The first-order chi connectivity index (χ1) is 40.5. The maximum Gasteiger partial charge on any atom is 0.306 e. The van der Waals surface area contributed by atoms with Gasteiger partial charge in [-0.25, -0.2) is 0 Å². The minimum atomic E-state index is -0.817. The maximum atomic E-state index is 12.9. The van der Waals surface area contributed by atoms with E-state index >= 15 is 0 Å². The summed E-state index contributed by atoms with van der Waals surface area (Å²) in [5.74, 6) is -0.971. The topological polar surface area (TPSA) is 78.9 Å². The molecule has 0 aliphatic rings. The van der Waals surface area contributed by atoms with Gasteiger partial charge in [0.1, 0.15) is 13.2 Å². The van der Waals surface area contributed by atoms with Crippen LogP contribution in [-0.2, 0) is 28.6 Å². The van der Waals surface area contributed by atoms with Crippen molar-refractivity contribution in [2.24, 2.45) is 0 Å². The third-order valence-corrected chi connectivity index (χ3v) is 14.1. The van der Waals surface area contributed by atoms with E-state index in [2.05, 4.69) is 167 Å². The fourth-order valence-corrected chi connectivity index (χ4v) is 9.07. The van der Waals surface area contributed by atoms with Gasteiger partial charge in [-0.2, -0.15) is 0 Å². The number of rotatable bonds is 60.